The van der Waals surface area contributed by atoms with Gasteiger partial charge in [0, 0.05) is 0 Å². The van der Waals surface area contributed by atoms with Crippen LogP contribution < -0.4 is 0 Å². The van der Waals surface area contributed by atoms with Crippen molar-refractivity contribution in [1.29, 1.82) is 0 Å². The van der Waals surface area contributed by atoms with Crippen molar-refractivity contribution < 1.29 is 0 Å². The van der Waals surface area contributed by atoms with E-state index < -0.39 is 0 Å². The highest BCUT2D eigenvalue weighted by Crippen LogP contribution is 2.23. The molecule has 0 atom stereocenters. The number of fused-ring (bicyclic) bond motifs is 1. The van der Waals surface area contributed by atoms with Crippen LogP contribution in [0.5, 0.6) is 0 Å². The van der Waals surface area contributed by atoms with Crippen LogP contribution in [-0.4, -0.2) is 25.0 Å². The first-order valence-corrected chi connectivity index (χ1v) is 6.45. The molecule has 0 unspecified atom stereocenters. The van der Waals surface area contributed by atoms with Crippen LogP contribution in [0.2, 0.25) is 0 Å². The van der Waals surface area contributed by atoms with Crippen LogP contribution in [0.15, 0.2) is 12.1 Å². The topological polar surface area (TPSA) is 3.24 Å². The lowest BCUT2D eigenvalue weighted by molar-refractivity contribution is 0.328. The Morgan fingerprint density at radius 3 is 1.75 bits per heavy atom. The van der Waals surface area contributed by atoms with E-state index >= 15 is 0 Å². The zero-order chi connectivity index (χ0) is 11.5. The van der Waals surface area contributed by atoms with E-state index in [1.807, 2.05) is 0 Å². The van der Waals surface area contributed by atoms with Crippen molar-refractivity contribution >= 4 is 0 Å². The number of benzene rings is 1. The van der Waals surface area contributed by atoms with Gasteiger partial charge in [-0.15, -0.1) is 0 Å². The first-order valence-electron chi connectivity index (χ1n) is 6.45. The highest BCUT2D eigenvalue weighted by Gasteiger charge is 2.11. The molecule has 1 aliphatic rings. The molecule has 1 nitrogen and oxygen atoms in total. The molecule has 88 valence electrons. The van der Waals surface area contributed by atoms with Gasteiger partial charge in [-0.2, -0.15) is 0 Å². The molecule has 0 N–H and O–H groups in total. The molecule has 0 aliphatic carbocycles. The minimum atomic E-state index is 1.24. The highest BCUT2D eigenvalue weighted by atomic mass is 15.1. The fourth-order valence-corrected chi connectivity index (χ4v) is 2.79. The van der Waals surface area contributed by atoms with Crippen molar-refractivity contribution in [1.82, 2.24) is 4.90 Å². The first kappa shape index (κ1) is 11.7. The van der Waals surface area contributed by atoms with Crippen LogP contribution >= 0.6 is 0 Å². The van der Waals surface area contributed by atoms with Gasteiger partial charge in [-0.05, 0) is 81.9 Å². The van der Waals surface area contributed by atoms with Crippen molar-refractivity contribution in [3.63, 3.8) is 0 Å². The van der Waals surface area contributed by atoms with Gasteiger partial charge < -0.3 is 4.90 Å². The lowest BCUT2D eigenvalue weighted by Gasteiger charge is -2.14. The van der Waals surface area contributed by atoms with Crippen LogP contribution in [0.4, 0.5) is 0 Å². The van der Waals surface area contributed by atoms with E-state index in [9.17, 15) is 0 Å². The van der Waals surface area contributed by atoms with Gasteiger partial charge >= 0.3 is 0 Å². The van der Waals surface area contributed by atoms with Gasteiger partial charge in [-0.3, -0.25) is 0 Å². The van der Waals surface area contributed by atoms with Crippen LogP contribution in [0.1, 0.15) is 35.1 Å². The molecule has 1 aromatic rings. The molecular formula is C15H23N. The lowest BCUT2D eigenvalue weighted by Crippen LogP contribution is -2.20. The Morgan fingerprint density at radius 2 is 1.31 bits per heavy atom. The lowest BCUT2D eigenvalue weighted by atomic mass is 9.91. The second-order valence-corrected chi connectivity index (χ2v) is 5.17. The smallest absolute Gasteiger partial charge is 0.00186 e. The Hall–Kier alpha value is -0.820. The summed E-state index contributed by atoms with van der Waals surface area (Å²) in [5.41, 5.74) is 6.25. The quantitative estimate of drug-likeness (QED) is 0.645. The summed E-state index contributed by atoms with van der Waals surface area (Å²) in [6, 6.07) is 4.57. The van der Waals surface area contributed by atoms with Crippen molar-refractivity contribution in [2.45, 2.75) is 39.5 Å². The predicted octanol–water partition coefficient (Wildman–Crippen LogP) is 3.11. The predicted molar refractivity (Wildman–Crippen MR) is 70.1 cm³/mol. The van der Waals surface area contributed by atoms with Crippen LogP contribution in [0, 0.1) is 13.8 Å². The summed E-state index contributed by atoms with van der Waals surface area (Å²) in [6.45, 7) is 7.01. The number of hydrogen-bond acceptors (Lipinski definition) is 1. The summed E-state index contributed by atoms with van der Waals surface area (Å²) < 4.78 is 0. The Balaban J connectivity index is 2.31. The fourth-order valence-electron chi connectivity index (χ4n) is 2.79. The second kappa shape index (κ2) is 5.01. The summed E-state index contributed by atoms with van der Waals surface area (Å²) >= 11 is 0. The maximum Gasteiger partial charge on any atom is -0.00186 e. The zero-order valence-electron chi connectivity index (χ0n) is 10.8. The van der Waals surface area contributed by atoms with E-state index in [0.29, 0.717) is 0 Å². The van der Waals surface area contributed by atoms with E-state index in [1.54, 1.807) is 11.1 Å². The number of aryl methyl sites for hydroxylation is 2. The Kier molecular flexibility index (Phi) is 3.65. The normalized spacial score (nSPS) is 18.4. The molecule has 16 heavy (non-hydrogen) atoms. The highest BCUT2D eigenvalue weighted by molar-refractivity contribution is 5.40. The summed E-state index contributed by atoms with van der Waals surface area (Å²) in [5.74, 6) is 0. The van der Waals surface area contributed by atoms with Gasteiger partial charge in [0.2, 0.25) is 0 Å². The molecule has 0 saturated carbocycles. The number of hydrogen-bond donors (Lipinski definition) is 0. The van der Waals surface area contributed by atoms with E-state index in [4.69, 9.17) is 0 Å². The van der Waals surface area contributed by atoms with E-state index in [2.05, 4.69) is 37.9 Å². The molecule has 1 heterocycles. The van der Waals surface area contributed by atoms with E-state index in [1.165, 1.54) is 49.9 Å². The molecule has 1 heteroatoms. The molecule has 0 saturated heterocycles. The van der Waals surface area contributed by atoms with Gasteiger partial charge in [0.25, 0.3) is 0 Å². The third-order valence-corrected chi connectivity index (χ3v) is 3.83. The SMILES string of the molecule is Cc1ccc(C)c2c1CCCN(C)CCC2. The van der Waals surface area contributed by atoms with Gasteiger partial charge in [0.05, 0.1) is 0 Å². The van der Waals surface area contributed by atoms with E-state index in [0.717, 1.165) is 0 Å². The summed E-state index contributed by atoms with van der Waals surface area (Å²) in [4.78, 5) is 2.47. The van der Waals surface area contributed by atoms with Gasteiger partial charge in [-0.25, -0.2) is 0 Å². The summed E-state index contributed by atoms with van der Waals surface area (Å²) in [5, 5.41) is 0. The number of nitrogens with zero attached hydrogens (tertiary/aromatic N) is 1. The molecule has 0 fully saturated rings. The standard InChI is InChI=1S/C15H23N/c1-12-8-9-13(2)15-7-5-11-16(3)10-4-6-14(12)15/h8-9H,4-7,10-11H2,1-3H3. The van der Waals surface area contributed by atoms with Crippen LogP contribution in [0.3, 0.4) is 0 Å². The van der Waals surface area contributed by atoms with Crippen molar-refractivity contribution in [2.75, 3.05) is 20.1 Å². The maximum absolute atomic E-state index is 2.47. The minimum Gasteiger partial charge on any atom is -0.306 e. The van der Waals surface area contributed by atoms with Gasteiger partial charge in [0.15, 0.2) is 0 Å². The third kappa shape index (κ3) is 2.46. The fraction of sp³-hybridized carbons (Fsp3) is 0.600. The van der Waals surface area contributed by atoms with Crippen molar-refractivity contribution in [3.05, 3.63) is 34.4 Å². The Labute approximate surface area is 99.5 Å². The molecular weight excluding hydrogens is 194 g/mol. The average Bonchev–Trinajstić information content (AvgIpc) is 2.34. The molecule has 0 bridgehead atoms. The minimum absolute atomic E-state index is 1.24. The molecule has 0 amide bonds. The van der Waals surface area contributed by atoms with Gasteiger partial charge in [0.1, 0.15) is 0 Å². The molecule has 1 aliphatic heterocycles. The summed E-state index contributed by atoms with van der Waals surface area (Å²) in [6.07, 6.45) is 5.11. The zero-order valence-corrected chi connectivity index (χ0v) is 10.8. The Morgan fingerprint density at radius 1 is 0.875 bits per heavy atom. The first-order chi connectivity index (χ1) is 7.68. The molecule has 0 radical (unpaired) electrons. The monoisotopic (exact) mass is 217 g/mol. The van der Waals surface area contributed by atoms with Crippen LogP contribution in [0.25, 0.3) is 0 Å². The second-order valence-electron chi connectivity index (χ2n) is 5.17. The number of rotatable bonds is 0. The average molecular weight is 217 g/mol. The van der Waals surface area contributed by atoms with Crippen molar-refractivity contribution in [2.24, 2.45) is 0 Å². The van der Waals surface area contributed by atoms with E-state index in [-0.39, 0.29) is 0 Å². The summed E-state index contributed by atoms with van der Waals surface area (Å²) in [7, 11) is 2.25. The third-order valence-electron chi connectivity index (χ3n) is 3.83. The molecule has 2 rings (SSSR count). The molecule has 0 spiro atoms. The van der Waals surface area contributed by atoms with Gasteiger partial charge in [-0.1, -0.05) is 12.1 Å². The molecule has 1 aromatic carbocycles. The van der Waals surface area contributed by atoms with Crippen molar-refractivity contribution in [3.8, 4) is 0 Å². The van der Waals surface area contributed by atoms with Crippen LogP contribution in [-0.2, 0) is 12.8 Å². The molecule has 0 aromatic heterocycles. The maximum atomic E-state index is 2.47. The Bertz CT molecular complexity index is 333. The largest absolute Gasteiger partial charge is 0.306 e.